The SMILES string of the molecule is CC(C)c1nc(C(=O)N(C)CCCC(=O)O)cs1. The van der Waals surface area contributed by atoms with E-state index in [1.54, 1.807) is 12.4 Å². The van der Waals surface area contributed by atoms with Gasteiger partial charge in [0, 0.05) is 31.3 Å². The molecule has 0 fully saturated rings. The van der Waals surface area contributed by atoms with Crippen molar-refractivity contribution in [2.45, 2.75) is 32.6 Å². The molecule has 0 spiro atoms. The zero-order valence-electron chi connectivity index (χ0n) is 10.8. The van der Waals surface area contributed by atoms with Crippen molar-refractivity contribution in [3.8, 4) is 0 Å². The van der Waals surface area contributed by atoms with Gasteiger partial charge in [0.2, 0.25) is 0 Å². The first-order valence-corrected chi connectivity index (χ1v) is 6.72. The number of hydrogen-bond acceptors (Lipinski definition) is 4. The van der Waals surface area contributed by atoms with E-state index in [0.717, 1.165) is 5.01 Å². The van der Waals surface area contributed by atoms with Gasteiger partial charge in [0.15, 0.2) is 0 Å². The van der Waals surface area contributed by atoms with Crippen molar-refractivity contribution in [3.63, 3.8) is 0 Å². The van der Waals surface area contributed by atoms with Gasteiger partial charge in [-0.1, -0.05) is 13.8 Å². The van der Waals surface area contributed by atoms with Crippen molar-refractivity contribution in [1.82, 2.24) is 9.88 Å². The van der Waals surface area contributed by atoms with Gasteiger partial charge in [-0.25, -0.2) is 4.98 Å². The number of carbonyl (C=O) groups excluding carboxylic acids is 1. The molecule has 1 rings (SSSR count). The van der Waals surface area contributed by atoms with Crippen LogP contribution in [0, 0.1) is 0 Å². The van der Waals surface area contributed by atoms with Gasteiger partial charge in [0.25, 0.3) is 5.91 Å². The second-order valence-corrected chi connectivity index (χ2v) is 5.34. The summed E-state index contributed by atoms with van der Waals surface area (Å²) in [6.45, 7) is 4.49. The Bertz CT molecular complexity index is 429. The van der Waals surface area contributed by atoms with Crippen LogP contribution in [0.2, 0.25) is 0 Å². The maximum Gasteiger partial charge on any atom is 0.303 e. The number of aromatic nitrogens is 1. The van der Waals surface area contributed by atoms with Crippen LogP contribution >= 0.6 is 11.3 Å². The third-order valence-electron chi connectivity index (χ3n) is 2.47. The number of rotatable bonds is 6. The number of amides is 1. The molecule has 100 valence electrons. The molecule has 0 saturated heterocycles. The third kappa shape index (κ3) is 4.10. The molecule has 1 heterocycles. The van der Waals surface area contributed by atoms with Crippen molar-refractivity contribution in [3.05, 3.63) is 16.1 Å². The summed E-state index contributed by atoms with van der Waals surface area (Å²) in [7, 11) is 1.67. The first-order valence-electron chi connectivity index (χ1n) is 5.84. The van der Waals surface area contributed by atoms with Gasteiger partial charge in [-0.05, 0) is 6.42 Å². The molecule has 5 nitrogen and oxygen atoms in total. The Balaban J connectivity index is 2.54. The van der Waals surface area contributed by atoms with Crippen molar-refractivity contribution in [2.75, 3.05) is 13.6 Å². The number of carbonyl (C=O) groups is 2. The molecule has 0 radical (unpaired) electrons. The number of carboxylic acids is 1. The maximum atomic E-state index is 12.0. The van der Waals surface area contributed by atoms with E-state index in [0.29, 0.717) is 24.6 Å². The number of hydrogen-bond donors (Lipinski definition) is 1. The standard InChI is InChI=1S/C12H18N2O3S/c1-8(2)11-13-9(7-18-11)12(17)14(3)6-4-5-10(15)16/h7-8H,4-6H2,1-3H3,(H,15,16). The lowest BCUT2D eigenvalue weighted by atomic mass is 10.2. The summed E-state index contributed by atoms with van der Waals surface area (Å²) >= 11 is 1.48. The summed E-state index contributed by atoms with van der Waals surface area (Å²) in [5, 5.41) is 11.2. The first kappa shape index (κ1) is 14.6. The quantitative estimate of drug-likeness (QED) is 0.860. The molecular weight excluding hydrogens is 252 g/mol. The maximum absolute atomic E-state index is 12.0. The number of thiazole rings is 1. The van der Waals surface area contributed by atoms with Crippen LogP contribution in [0.15, 0.2) is 5.38 Å². The summed E-state index contributed by atoms with van der Waals surface area (Å²) < 4.78 is 0. The van der Waals surface area contributed by atoms with Crippen LogP contribution in [0.1, 0.15) is 48.1 Å². The molecule has 0 aromatic carbocycles. The van der Waals surface area contributed by atoms with Crippen molar-refractivity contribution in [2.24, 2.45) is 0 Å². The largest absolute Gasteiger partial charge is 0.481 e. The highest BCUT2D eigenvalue weighted by Crippen LogP contribution is 2.19. The molecule has 6 heteroatoms. The minimum absolute atomic E-state index is 0.0753. The minimum atomic E-state index is -0.841. The molecule has 1 aromatic heterocycles. The van der Waals surface area contributed by atoms with E-state index in [-0.39, 0.29) is 12.3 Å². The van der Waals surface area contributed by atoms with Crippen LogP contribution in [0.4, 0.5) is 0 Å². The fraction of sp³-hybridized carbons (Fsp3) is 0.583. The van der Waals surface area contributed by atoms with Gasteiger partial charge in [0.05, 0.1) is 5.01 Å². The molecule has 0 bridgehead atoms. The lowest BCUT2D eigenvalue weighted by Gasteiger charge is -2.14. The van der Waals surface area contributed by atoms with Gasteiger partial charge in [-0.15, -0.1) is 11.3 Å². The first-order chi connectivity index (χ1) is 8.41. The smallest absolute Gasteiger partial charge is 0.303 e. The molecule has 1 aromatic rings. The van der Waals surface area contributed by atoms with E-state index in [1.165, 1.54) is 16.2 Å². The Morgan fingerprint density at radius 2 is 2.17 bits per heavy atom. The second kappa shape index (κ2) is 6.49. The summed E-state index contributed by atoms with van der Waals surface area (Å²) in [6.07, 6.45) is 0.532. The van der Waals surface area contributed by atoms with Crippen LogP contribution < -0.4 is 0 Å². The van der Waals surface area contributed by atoms with Gasteiger partial charge in [-0.3, -0.25) is 9.59 Å². The van der Waals surface area contributed by atoms with E-state index in [9.17, 15) is 9.59 Å². The van der Waals surface area contributed by atoms with E-state index < -0.39 is 5.97 Å². The zero-order chi connectivity index (χ0) is 13.7. The van der Waals surface area contributed by atoms with E-state index in [1.807, 2.05) is 13.8 Å². The highest BCUT2D eigenvalue weighted by atomic mass is 32.1. The molecule has 1 N–H and O–H groups in total. The van der Waals surface area contributed by atoms with Gasteiger partial charge >= 0.3 is 5.97 Å². The highest BCUT2D eigenvalue weighted by Gasteiger charge is 2.16. The van der Waals surface area contributed by atoms with Crippen LogP contribution in [0.25, 0.3) is 0 Å². The molecule has 0 aliphatic rings. The number of aliphatic carboxylic acids is 1. The van der Waals surface area contributed by atoms with Gasteiger partial charge < -0.3 is 10.0 Å². The summed E-state index contributed by atoms with van der Waals surface area (Å²) in [4.78, 5) is 28.2. The van der Waals surface area contributed by atoms with Crippen LogP contribution in [-0.2, 0) is 4.79 Å². The fourth-order valence-corrected chi connectivity index (χ4v) is 2.22. The minimum Gasteiger partial charge on any atom is -0.481 e. The Labute approximate surface area is 110 Å². The van der Waals surface area contributed by atoms with Crippen molar-refractivity contribution >= 4 is 23.2 Å². The Hall–Kier alpha value is -1.43. The predicted octanol–water partition coefficient (Wildman–Crippen LogP) is 2.20. The Morgan fingerprint density at radius 3 is 2.67 bits per heavy atom. The van der Waals surface area contributed by atoms with Crippen LogP contribution in [-0.4, -0.2) is 40.5 Å². The van der Waals surface area contributed by atoms with E-state index >= 15 is 0 Å². The molecule has 1 amide bonds. The number of nitrogens with zero attached hydrogens (tertiary/aromatic N) is 2. The lowest BCUT2D eigenvalue weighted by molar-refractivity contribution is -0.137. The van der Waals surface area contributed by atoms with Gasteiger partial charge in [-0.2, -0.15) is 0 Å². The Kier molecular flexibility index (Phi) is 5.27. The summed E-state index contributed by atoms with van der Waals surface area (Å²) in [5.41, 5.74) is 0.446. The van der Waals surface area contributed by atoms with Crippen LogP contribution in [0.3, 0.4) is 0 Å². The van der Waals surface area contributed by atoms with Crippen LogP contribution in [0.5, 0.6) is 0 Å². The molecule has 18 heavy (non-hydrogen) atoms. The molecule has 0 aliphatic heterocycles. The predicted molar refractivity (Wildman–Crippen MR) is 70.0 cm³/mol. The van der Waals surface area contributed by atoms with E-state index in [2.05, 4.69) is 4.98 Å². The molecule has 0 unspecified atom stereocenters. The topological polar surface area (TPSA) is 70.5 Å². The average Bonchev–Trinajstić information content (AvgIpc) is 2.76. The Morgan fingerprint density at radius 1 is 1.50 bits per heavy atom. The average molecular weight is 270 g/mol. The molecular formula is C12H18N2O3S. The second-order valence-electron chi connectivity index (χ2n) is 4.45. The monoisotopic (exact) mass is 270 g/mol. The van der Waals surface area contributed by atoms with Crippen molar-refractivity contribution < 1.29 is 14.7 Å². The fourth-order valence-electron chi connectivity index (χ4n) is 1.42. The molecule has 0 saturated carbocycles. The molecule has 0 aliphatic carbocycles. The normalized spacial score (nSPS) is 10.7. The zero-order valence-corrected chi connectivity index (χ0v) is 11.7. The molecule has 0 atom stereocenters. The van der Waals surface area contributed by atoms with E-state index in [4.69, 9.17) is 5.11 Å². The lowest BCUT2D eigenvalue weighted by Crippen LogP contribution is -2.28. The number of carboxylic acid groups (broad SMARTS) is 1. The highest BCUT2D eigenvalue weighted by molar-refractivity contribution is 7.09. The summed E-state index contributed by atoms with van der Waals surface area (Å²) in [6, 6.07) is 0. The van der Waals surface area contributed by atoms with Crippen molar-refractivity contribution in [1.29, 1.82) is 0 Å². The van der Waals surface area contributed by atoms with Gasteiger partial charge in [0.1, 0.15) is 5.69 Å². The third-order valence-corrected chi connectivity index (χ3v) is 3.61. The summed E-state index contributed by atoms with van der Waals surface area (Å²) in [5.74, 6) is -0.677.